The van der Waals surface area contributed by atoms with E-state index in [-0.39, 0.29) is 10.8 Å². The maximum atomic E-state index is 12.3. The van der Waals surface area contributed by atoms with Crippen LogP contribution < -0.4 is 14.2 Å². The molecule has 0 aliphatic heterocycles. The number of benzene rings is 1. The zero-order chi connectivity index (χ0) is 18.6. The van der Waals surface area contributed by atoms with Crippen molar-refractivity contribution in [3.05, 3.63) is 47.0 Å². The molecule has 2 unspecified atom stereocenters. The van der Waals surface area contributed by atoms with Gasteiger partial charge >= 0.3 is 0 Å². The minimum atomic E-state index is -1.19. The Kier molecular flexibility index (Phi) is 6.57. The van der Waals surface area contributed by atoms with Crippen LogP contribution in [0.3, 0.4) is 0 Å². The van der Waals surface area contributed by atoms with E-state index >= 15 is 0 Å². The van der Waals surface area contributed by atoms with Gasteiger partial charge in [0.25, 0.3) is 0 Å². The highest BCUT2D eigenvalue weighted by Gasteiger charge is 2.29. The molecular weight excluding hydrogens is 360 g/mol. The van der Waals surface area contributed by atoms with E-state index in [9.17, 15) is 4.55 Å². The van der Waals surface area contributed by atoms with Gasteiger partial charge in [-0.3, -0.25) is 0 Å². The van der Waals surface area contributed by atoms with E-state index in [0.29, 0.717) is 22.5 Å². The molecule has 2 aromatic rings. The SMILES string of the molecule is COc1nc(Oc2ccc(Cl)cc2)ccc1C(C)N[S+]([O-])C(C)(C)C. The normalized spacial score (nSPS) is 14.0. The van der Waals surface area contributed by atoms with Gasteiger partial charge < -0.3 is 14.0 Å². The Morgan fingerprint density at radius 3 is 2.36 bits per heavy atom. The predicted octanol–water partition coefficient (Wildman–Crippen LogP) is 4.65. The Bertz CT molecular complexity index is 704. The molecule has 0 fully saturated rings. The molecule has 0 saturated heterocycles. The van der Waals surface area contributed by atoms with E-state index in [4.69, 9.17) is 21.1 Å². The number of methoxy groups -OCH3 is 1. The van der Waals surface area contributed by atoms with Gasteiger partial charge in [0.2, 0.25) is 11.8 Å². The largest absolute Gasteiger partial charge is 0.598 e. The predicted molar refractivity (Wildman–Crippen MR) is 102 cm³/mol. The minimum absolute atomic E-state index is 0.188. The standard InChI is InChI=1S/C18H23ClN2O3S/c1-12(21-25(22)18(2,3)4)15-10-11-16(20-17(15)23-5)24-14-8-6-13(19)7-9-14/h6-12,21H,1-5H3. The fraction of sp³-hybridized carbons (Fsp3) is 0.389. The van der Waals surface area contributed by atoms with E-state index in [0.717, 1.165) is 5.56 Å². The third-order valence-electron chi connectivity index (χ3n) is 3.40. The average molecular weight is 383 g/mol. The molecular formula is C18H23ClN2O3S. The first kappa shape index (κ1) is 19.8. The second-order valence-corrected chi connectivity index (χ2v) is 8.96. The van der Waals surface area contributed by atoms with Gasteiger partial charge in [0.15, 0.2) is 0 Å². The Hall–Kier alpha value is -1.47. The maximum Gasteiger partial charge on any atom is 0.222 e. The number of hydrogen-bond acceptors (Lipinski definition) is 5. The Labute approximate surface area is 157 Å². The summed E-state index contributed by atoms with van der Waals surface area (Å²) >= 11 is 4.67. The van der Waals surface area contributed by atoms with Crippen molar-refractivity contribution in [1.29, 1.82) is 0 Å². The lowest BCUT2D eigenvalue weighted by Crippen LogP contribution is -2.40. The molecule has 0 bridgehead atoms. The first-order valence-electron chi connectivity index (χ1n) is 7.87. The van der Waals surface area contributed by atoms with Crippen LogP contribution in [0.15, 0.2) is 36.4 Å². The molecule has 1 heterocycles. The molecule has 5 nitrogen and oxygen atoms in total. The number of nitrogens with one attached hydrogen (secondary N) is 1. The molecule has 0 amide bonds. The highest BCUT2D eigenvalue weighted by Crippen LogP contribution is 2.30. The second-order valence-electron chi connectivity index (χ2n) is 6.52. The van der Waals surface area contributed by atoms with Gasteiger partial charge in [-0.1, -0.05) is 11.6 Å². The van der Waals surface area contributed by atoms with Crippen LogP contribution in [0, 0.1) is 0 Å². The van der Waals surface area contributed by atoms with E-state index in [1.165, 1.54) is 0 Å². The molecule has 2 rings (SSSR count). The van der Waals surface area contributed by atoms with E-state index in [2.05, 4.69) is 9.71 Å². The number of halogens is 1. The van der Waals surface area contributed by atoms with Crippen molar-refractivity contribution >= 4 is 23.0 Å². The van der Waals surface area contributed by atoms with Crippen LogP contribution in [0.1, 0.15) is 39.3 Å². The molecule has 1 N–H and O–H groups in total. The maximum absolute atomic E-state index is 12.3. The van der Waals surface area contributed by atoms with Crippen molar-refractivity contribution in [1.82, 2.24) is 9.71 Å². The van der Waals surface area contributed by atoms with E-state index in [1.54, 1.807) is 37.4 Å². The number of nitrogens with zero attached hydrogens (tertiary/aromatic N) is 1. The van der Waals surface area contributed by atoms with E-state index < -0.39 is 11.4 Å². The van der Waals surface area contributed by atoms with Crippen molar-refractivity contribution in [3.8, 4) is 17.5 Å². The number of pyridine rings is 1. The molecule has 0 aliphatic rings. The van der Waals surface area contributed by atoms with Crippen LogP contribution >= 0.6 is 11.6 Å². The van der Waals surface area contributed by atoms with Crippen LogP contribution in [-0.4, -0.2) is 21.4 Å². The Morgan fingerprint density at radius 1 is 1.16 bits per heavy atom. The van der Waals surface area contributed by atoms with Crippen LogP contribution in [0.4, 0.5) is 0 Å². The Balaban J connectivity index is 2.16. The molecule has 25 heavy (non-hydrogen) atoms. The summed E-state index contributed by atoms with van der Waals surface area (Å²) in [5.74, 6) is 1.47. The summed E-state index contributed by atoms with van der Waals surface area (Å²) in [5.41, 5.74) is 0.809. The van der Waals surface area contributed by atoms with Gasteiger partial charge in [-0.15, -0.1) is 4.72 Å². The molecule has 1 aromatic carbocycles. The summed E-state index contributed by atoms with van der Waals surface area (Å²) < 4.78 is 26.1. The summed E-state index contributed by atoms with van der Waals surface area (Å²) in [6.45, 7) is 7.67. The molecule has 2 atom stereocenters. The van der Waals surface area contributed by atoms with Crippen LogP contribution in [-0.2, 0) is 11.4 Å². The lowest BCUT2D eigenvalue weighted by atomic mass is 10.1. The van der Waals surface area contributed by atoms with Crippen molar-refractivity contribution in [2.75, 3.05) is 7.11 Å². The summed E-state index contributed by atoms with van der Waals surface area (Å²) in [4.78, 5) is 4.38. The number of aromatic nitrogens is 1. The highest BCUT2D eigenvalue weighted by molar-refractivity contribution is 7.90. The molecule has 7 heteroatoms. The second kappa shape index (κ2) is 8.27. The number of hydrogen-bond donors (Lipinski definition) is 1. The molecule has 0 aliphatic carbocycles. The summed E-state index contributed by atoms with van der Waals surface area (Å²) in [6.07, 6.45) is 0. The first-order valence-corrected chi connectivity index (χ1v) is 9.40. The van der Waals surface area contributed by atoms with E-state index in [1.807, 2.05) is 33.8 Å². The fourth-order valence-corrected chi connectivity index (χ4v) is 2.94. The van der Waals surface area contributed by atoms with Gasteiger partial charge in [-0.25, -0.2) is 0 Å². The van der Waals surface area contributed by atoms with Gasteiger partial charge in [0, 0.05) is 28.0 Å². The Morgan fingerprint density at radius 2 is 1.80 bits per heavy atom. The molecule has 0 radical (unpaired) electrons. The van der Waals surface area contributed by atoms with Crippen molar-refractivity contribution in [3.63, 3.8) is 0 Å². The number of ether oxygens (including phenoxy) is 2. The minimum Gasteiger partial charge on any atom is -0.598 e. The quantitative estimate of drug-likeness (QED) is 0.736. The zero-order valence-electron chi connectivity index (χ0n) is 15.0. The fourth-order valence-electron chi connectivity index (χ4n) is 2.01. The molecule has 0 spiro atoms. The lowest BCUT2D eigenvalue weighted by molar-refractivity contribution is 0.374. The summed E-state index contributed by atoms with van der Waals surface area (Å²) in [7, 11) is 1.55. The van der Waals surface area contributed by atoms with Crippen molar-refractivity contribution in [2.24, 2.45) is 0 Å². The lowest BCUT2D eigenvalue weighted by Gasteiger charge is -2.27. The first-order chi connectivity index (χ1) is 11.7. The topological polar surface area (TPSA) is 66.4 Å². The zero-order valence-corrected chi connectivity index (χ0v) is 16.6. The summed E-state index contributed by atoms with van der Waals surface area (Å²) in [5, 5.41) is 0.639. The van der Waals surface area contributed by atoms with Crippen LogP contribution in [0.5, 0.6) is 17.5 Å². The average Bonchev–Trinajstić information content (AvgIpc) is 2.55. The van der Waals surface area contributed by atoms with Crippen molar-refractivity contribution in [2.45, 2.75) is 38.5 Å². The third kappa shape index (κ3) is 5.51. The van der Waals surface area contributed by atoms with Crippen LogP contribution in [0.2, 0.25) is 5.02 Å². The molecule has 136 valence electrons. The molecule has 0 saturated carbocycles. The van der Waals surface area contributed by atoms with Gasteiger partial charge in [-0.05, 0) is 58.0 Å². The number of rotatable bonds is 6. The van der Waals surface area contributed by atoms with Gasteiger partial charge in [0.05, 0.1) is 13.2 Å². The highest BCUT2D eigenvalue weighted by atomic mass is 35.5. The monoisotopic (exact) mass is 382 g/mol. The van der Waals surface area contributed by atoms with Gasteiger partial charge in [0.1, 0.15) is 10.5 Å². The van der Waals surface area contributed by atoms with Gasteiger partial charge in [-0.2, -0.15) is 4.98 Å². The third-order valence-corrected chi connectivity index (χ3v) is 5.33. The summed E-state index contributed by atoms with van der Waals surface area (Å²) in [6, 6.07) is 10.4. The van der Waals surface area contributed by atoms with Crippen LogP contribution in [0.25, 0.3) is 0 Å². The van der Waals surface area contributed by atoms with Crippen molar-refractivity contribution < 1.29 is 14.0 Å². The molecule has 1 aromatic heterocycles. The smallest absolute Gasteiger partial charge is 0.222 e.